The maximum Gasteiger partial charge on any atom is 0.337 e. The molecule has 0 fully saturated rings. The quantitative estimate of drug-likeness (QED) is 0.792. The summed E-state index contributed by atoms with van der Waals surface area (Å²) in [5.74, 6) is -0.989. The molecule has 0 unspecified atom stereocenters. The first-order valence-corrected chi connectivity index (χ1v) is 5.32. The highest BCUT2D eigenvalue weighted by atomic mass is 16.4. The predicted octanol–water partition coefficient (Wildman–Crippen LogP) is 2.56. The number of aromatic carboxylic acids is 1. The summed E-state index contributed by atoms with van der Waals surface area (Å²) in [6.07, 6.45) is 0.710. The maximum atomic E-state index is 10.9. The fourth-order valence-corrected chi connectivity index (χ4v) is 1.73. The average molecular weight is 227 g/mol. The molecule has 0 aliphatic rings. The number of rotatable bonds is 3. The number of nitrogens with two attached hydrogens (primary N) is 1. The highest BCUT2D eigenvalue weighted by Gasteiger charge is 2.08. The third kappa shape index (κ3) is 2.64. The third-order valence-corrected chi connectivity index (χ3v) is 2.60. The lowest BCUT2D eigenvalue weighted by molar-refractivity contribution is 0.0698. The molecule has 86 valence electrons. The van der Waals surface area contributed by atoms with Crippen molar-refractivity contribution < 1.29 is 9.90 Å². The second kappa shape index (κ2) is 4.70. The Morgan fingerprint density at radius 3 is 2.41 bits per heavy atom. The molecule has 0 radical (unpaired) electrons. The second-order valence-corrected chi connectivity index (χ2v) is 3.89. The Balaban J connectivity index is 2.29. The molecule has 2 aromatic rings. The van der Waals surface area contributed by atoms with Crippen LogP contribution < -0.4 is 5.73 Å². The van der Waals surface area contributed by atoms with Crippen molar-refractivity contribution in [2.24, 2.45) is 0 Å². The van der Waals surface area contributed by atoms with Gasteiger partial charge in [0.1, 0.15) is 0 Å². The van der Waals surface area contributed by atoms with Crippen LogP contribution in [-0.2, 0) is 6.42 Å². The van der Waals surface area contributed by atoms with E-state index in [-0.39, 0.29) is 5.56 Å². The van der Waals surface area contributed by atoms with E-state index in [1.807, 2.05) is 36.4 Å². The van der Waals surface area contributed by atoms with Crippen LogP contribution in [0.15, 0.2) is 48.5 Å². The number of carboxylic acid groups (broad SMARTS) is 1. The van der Waals surface area contributed by atoms with Crippen LogP contribution in [0.5, 0.6) is 0 Å². The summed E-state index contributed by atoms with van der Waals surface area (Å²) in [6.45, 7) is 0. The lowest BCUT2D eigenvalue weighted by atomic mass is 10.0. The summed E-state index contributed by atoms with van der Waals surface area (Å²) in [5, 5.41) is 8.98. The largest absolute Gasteiger partial charge is 0.478 e. The summed E-state index contributed by atoms with van der Waals surface area (Å²) in [4.78, 5) is 10.9. The summed E-state index contributed by atoms with van der Waals surface area (Å²) in [5.41, 5.74) is 8.16. The summed E-state index contributed by atoms with van der Waals surface area (Å²) in [7, 11) is 0. The van der Waals surface area contributed by atoms with E-state index < -0.39 is 5.97 Å². The predicted molar refractivity (Wildman–Crippen MR) is 67.1 cm³/mol. The topological polar surface area (TPSA) is 63.3 Å². The van der Waals surface area contributed by atoms with Gasteiger partial charge in [-0.25, -0.2) is 4.79 Å². The van der Waals surface area contributed by atoms with Gasteiger partial charge in [-0.1, -0.05) is 36.4 Å². The Morgan fingerprint density at radius 1 is 1.06 bits per heavy atom. The average Bonchev–Trinajstić information content (AvgIpc) is 2.32. The minimum atomic E-state index is -0.989. The van der Waals surface area contributed by atoms with Crippen molar-refractivity contribution in [1.82, 2.24) is 0 Å². The van der Waals surface area contributed by atoms with E-state index in [2.05, 4.69) is 0 Å². The van der Waals surface area contributed by atoms with Crippen LogP contribution in [0.4, 0.5) is 5.69 Å². The maximum absolute atomic E-state index is 10.9. The van der Waals surface area contributed by atoms with Crippen LogP contribution in [0.3, 0.4) is 0 Å². The molecule has 17 heavy (non-hydrogen) atoms. The Kier molecular flexibility index (Phi) is 3.10. The zero-order chi connectivity index (χ0) is 12.3. The molecule has 0 saturated heterocycles. The van der Waals surface area contributed by atoms with Gasteiger partial charge in [-0.2, -0.15) is 0 Å². The van der Waals surface area contributed by atoms with Crippen LogP contribution in [0.1, 0.15) is 21.5 Å². The number of benzene rings is 2. The number of carbonyl (C=O) groups is 1. The zero-order valence-electron chi connectivity index (χ0n) is 9.26. The van der Waals surface area contributed by atoms with Crippen LogP contribution in [0.25, 0.3) is 0 Å². The van der Waals surface area contributed by atoms with Gasteiger partial charge in [-0.3, -0.25) is 0 Å². The molecule has 0 aliphatic carbocycles. The SMILES string of the molecule is Nc1ccc(Cc2ccccc2)cc1C(=O)O. The van der Waals surface area contributed by atoms with Gasteiger partial charge in [-0.05, 0) is 29.7 Å². The van der Waals surface area contributed by atoms with Gasteiger partial charge in [-0.15, -0.1) is 0 Å². The van der Waals surface area contributed by atoms with Gasteiger partial charge in [0.25, 0.3) is 0 Å². The van der Waals surface area contributed by atoms with Gasteiger partial charge in [0.15, 0.2) is 0 Å². The van der Waals surface area contributed by atoms with Gasteiger partial charge in [0.05, 0.1) is 5.56 Å². The molecule has 0 spiro atoms. The van der Waals surface area contributed by atoms with Crippen molar-refractivity contribution in [3.8, 4) is 0 Å². The second-order valence-electron chi connectivity index (χ2n) is 3.89. The normalized spacial score (nSPS) is 10.1. The van der Waals surface area contributed by atoms with Crippen molar-refractivity contribution in [2.75, 3.05) is 5.73 Å². The monoisotopic (exact) mass is 227 g/mol. The van der Waals surface area contributed by atoms with E-state index in [4.69, 9.17) is 10.8 Å². The molecule has 3 N–H and O–H groups in total. The van der Waals surface area contributed by atoms with E-state index in [1.165, 1.54) is 0 Å². The number of hydrogen-bond acceptors (Lipinski definition) is 2. The smallest absolute Gasteiger partial charge is 0.337 e. The minimum absolute atomic E-state index is 0.165. The van der Waals surface area contributed by atoms with E-state index in [1.54, 1.807) is 12.1 Å². The summed E-state index contributed by atoms with van der Waals surface area (Å²) in [6, 6.07) is 15.0. The molecule has 0 saturated carbocycles. The van der Waals surface area contributed by atoms with E-state index in [9.17, 15) is 4.79 Å². The molecule has 0 bridgehead atoms. The fraction of sp³-hybridized carbons (Fsp3) is 0.0714. The molecule has 0 aromatic heterocycles. The molecular formula is C14H13NO2. The van der Waals surface area contributed by atoms with Crippen molar-refractivity contribution in [1.29, 1.82) is 0 Å². The Morgan fingerprint density at radius 2 is 1.76 bits per heavy atom. The lowest BCUT2D eigenvalue weighted by Crippen LogP contribution is -2.03. The zero-order valence-corrected chi connectivity index (χ0v) is 9.26. The minimum Gasteiger partial charge on any atom is -0.478 e. The van der Waals surface area contributed by atoms with Crippen molar-refractivity contribution >= 4 is 11.7 Å². The van der Waals surface area contributed by atoms with Crippen molar-refractivity contribution in [2.45, 2.75) is 6.42 Å². The molecule has 2 rings (SSSR count). The number of nitrogen functional groups attached to an aromatic ring is 1. The number of carboxylic acids is 1. The van der Waals surface area contributed by atoms with Crippen LogP contribution in [0.2, 0.25) is 0 Å². The van der Waals surface area contributed by atoms with Crippen molar-refractivity contribution in [3.05, 3.63) is 65.2 Å². The first-order valence-electron chi connectivity index (χ1n) is 5.32. The van der Waals surface area contributed by atoms with Crippen LogP contribution in [0, 0.1) is 0 Å². The molecule has 0 aliphatic heterocycles. The van der Waals surface area contributed by atoms with Gasteiger partial charge < -0.3 is 10.8 Å². The summed E-state index contributed by atoms with van der Waals surface area (Å²) >= 11 is 0. The van der Waals surface area contributed by atoms with Crippen molar-refractivity contribution in [3.63, 3.8) is 0 Å². The Labute approximate surface area is 99.5 Å². The third-order valence-electron chi connectivity index (χ3n) is 2.60. The lowest BCUT2D eigenvalue weighted by Gasteiger charge is -2.05. The Hall–Kier alpha value is -2.29. The molecular weight excluding hydrogens is 214 g/mol. The van der Waals surface area contributed by atoms with Gasteiger partial charge in [0.2, 0.25) is 0 Å². The standard InChI is InChI=1S/C14H13NO2/c15-13-7-6-11(9-12(13)14(16)17)8-10-4-2-1-3-5-10/h1-7,9H,8,15H2,(H,16,17). The highest BCUT2D eigenvalue weighted by molar-refractivity contribution is 5.93. The van der Waals surface area contributed by atoms with Gasteiger partial charge >= 0.3 is 5.97 Å². The van der Waals surface area contributed by atoms with E-state index in [0.717, 1.165) is 11.1 Å². The molecule has 3 nitrogen and oxygen atoms in total. The van der Waals surface area contributed by atoms with Gasteiger partial charge in [0, 0.05) is 5.69 Å². The van der Waals surface area contributed by atoms with E-state index >= 15 is 0 Å². The van der Waals surface area contributed by atoms with Crippen LogP contribution in [-0.4, -0.2) is 11.1 Å². The highest BCUT2D eigenvalue weighted by Crippen LogP contribution is 2.17. The van der Waals surface area contributed by atoms with E-state index in [0.29, 0.717) is 12.1 Å². The first kappa shape index (κ1) is 11.2. The molecule has 0 amide bonds. The molecule has 0 atom stereocenters. The molecule has 0 heterocycles. The number of hydrogen-bond donors (Lipinski definition) is 2. The molecule has 2 aromatic carbocycles. The summed E-state index contributed by atoms with van der Waals surface area (Å²) < 4.78 is 0. The first-order chi connectivity index (χ1) is 8.16. The molecule has 3 heteroatoms. The number of anilines is 1. The van der Waals surface area contributed by atoms with Crippen LogP contribution >= 0.6 is 0 Å². The Bertz CT molecular complexity index is 535. The fourth-order valence-electron chi connectivity index (χ4n) is 1.73.